The van der Waals surface area contributed by atoms with E-state index < -0.39 is 0 Å². The summed E-state index contributed by atoms with van der Waals surface area (Å²) in [5.41, 5.74) is 0.664. The van der Waals surface area contributed by atoms with E-state index >= 15 is 0 Å². The molecule has 0 saturated heterocycles. The monoisotopic (exact) mass is 228 g/mol. The molecule has 5 heteroatoms. The Balaban J connectivity index is 2.11. The zero-order valence-electron chi connectivity index (χ0n) is 9.37. The smallest absolute Gasteiger partial charge is 0.248 e. The van der Waals surface area contributed by atoms with Crippen LogP contribution in [0.2, 0.25) is 0 Å². The molecule has 0 fully saturated rings. The zero-order valence-corrected chi connectivity index (χ0v) is 9.37. The lowest BCUT2D eigenvalue weighted by atomic mass is 10.4. The van der Waals surface area contributed by atoms with Gasteiger partial charge in [-0.3, -0.25) is 9.36 Å². The lowest BCUT2D eigenvalue weighted by Crippen LogP contribution is -2.08. The van der Waals surface area contributed by atoms with Crippen molar-refractivity contribution in [3.8, 4) is 5.82 Å². The molecule has 0 aliphatic heterocycles. The summed E-state index contributed by atoms with van der Waals surface area (Å²) in [5, 5.41) is 2.70. The van der Waals surface area contributed by atoms with Gasteiger partial charge in [0.05, 0.1) is 11.9 Å². The van der Waals surface area contributed by atoms with Crippen LogP contribution in [0.5, 0.6) is 0 Å². The number of aromatic nitrogens is 3. The Hall–Kier alpha value is -2.43. The van der Waals surface area contributed by atoms with Crippen molar-refractivity contribution in [2.45, 2.75) is 6.92 Å². The predicted molar refractivity (Wildman–Crippen MR) is 64.8 cm³/mol. The third-order valence-corrected chi connectivity index (χ3v) is 2.10. The summed E-state index contributed by atoms with van der Waals surface area (Å²) in [4.78, 5) is 19.4. The van der Waals surface area contributed by atoms with E-state index in [9.17, 15) is 4.79 Å². The molecule has 2 heterocycles. The minimum absolute atomic E-state index is 0.162. The van der Waals surface area contributed by atoms with Crippen molar-refractivity contribution in [2.24, 2.45) is 0 Å². The van der Waals surface area contributed by atoms with Gasteiger partial charge in [0.1, 0.15) is 12.1 Å². The Morgan fingerprint density at radius 2 is 2.35 bits per heavy atom. The summed E-state index contributed by atoms with van der Waals surface area (Å²) >= 11 is 0. The molecule has 0 atom stereocenters. The maximum atomic E-state index is 11.3. The molecule has 0 radical (unpaired) electrons. The van der Waals surface area contributed by atoms with E-state index in [1.54, 1.807) is 48.6 Å². The molecule has 2 aromatic rings. The first kappa shape index (κ1) is 11.1. The second kappa shape index (κ2) is 5.07. The van der Waals surface area contributed by atoms with E-state index in [1.165, 1.54) is 6.08 Å². The number of hydrogen-bond donors (Lipinski definition) is 1. The summed E-state index contributed by atoms with van der Waals surface area (Å²) in [6.07, 6.45) is 9.91. The SMILES string of the molecule is CC=CC(=O)Nc1ccc(-n2ccnc2)nc1. The van der Waals surface area contributed by atoms with Gasteiger partial charge in [0.2, 0.25) is 5.91 Å². The van der Waals surface area contributed by atoms with Gasteiger partial charge in [-0.25, -0.2) is 9.97 Å². The number of allylic oxidation sites excluding steroid dienone is 1. The highest BCUT2D eigenvalue weighted by molar-refractivity contribution is 5.99. The molecule has 0 aliphatic rings. The highest BCUT2D eigenvalue weighted by atomic mass is 16.1. The summed E-state index contributed by atoms with van der Waals surface area (Å²) in [5.74, 6) is 0.594. The van der Waals surface area contributed by atoms with Gasteiger partial charge >= 0.3 is 0 Å². The fourth-order valence-electron chi connectivity index (χ4n) is 1.34. The Morgan fingerprint density at radius 3 is 2.94 bits per heavy atom. The Morgan fingerprint density at radius 1 is 1.47 bits per heavy atom. The van der Waals surface area contributed by atoms with Crippen LogP contribution in [0.15, 0.2) is 49.2 Å². The Labute approximate surface area is 98.8 Å². The zero-order chi connectivity index (χ0) is 12.1. The number of carbonyl (C=O) groups is 1. The molecule has 2 aromatic heterocycles. The van der Waals surface area contributed by atoms with Crippen molar-refractivity contribution < 1.29 is 4.79 Å². The number of nitrogens with zero attached hydrogens (tertiary/aromatic N) is 3. The van der Waals surface area contributed by atoms with Crippen LogP contribution in [-0.2, 0) is 4.79 Å². The van der Waals surface area contributed by atoms with E-state index in [0.717, 1.165) is 5.82 Å². The number of imidazole rings is 1. The molecule has 0 aromatic carbocycles. The number of hydrogen-bond acceptors (Lipinski definition) is 3. The maximum Gasteiger partial charge on any atom is 0.248 e. The van der Waals surface area contributed by atoms with E-state index in [0.29, 0.717) is 5.69 Å². The number of rotatable bonds is 3. The molecule has 86 valence electrons. The van der Waals surface area contributed by atoms with E-state index in [1.807, 2.05) is 6.07 Å². The molecule has 1 N–H and O–H groups in total. The molecule has 0 aliphatic carbocycles. The largest absolute Gasteiger partial charge is 0.321 e. The summed E-state index contributed by atoms with van der Waals surface area (Å²) in [6.45, 7) is 1.79. The van der Waals surface area contributed by atoms with Crippen molar-refractivity contribution in [1.82, 2.24) is 14.5 Å². The van der Waals surface area contributed by atoms with Crippen molar-refractivity contribution in [3.63, 3.8) is 0 Å². The topological polar surface area (TPSA) is 59.8 Å². The van der Waals surface area contributed by atoms with E-state index in [4.69, 9.17) is 0 Å². The van der Waals surface area contributed by atoms with Crippen LogP contribution in [0.4, 0.5) is 5.69 Å². The summed E-state index contributed by atoms with van der Waals surface area (Å²) in [7, 11) is 0. The van der Waals surface area contributed by atoms with Crippen LogP contribution < -0.4 is 5.32 Å². The van der Waals surface area contributed by atoms with Gasteiger partial charge in [-0.1, -0.05) is 6.08 Å². The molecule has 0 spiro atoms. The molecule has 1 amide bonds. The first-order valence-electron chi connectivity index (χ1n) is 5.17. The standard InChI is InChI=1S/C12H12N4O/c1-2-3-12(17)15-10-4-5-11(14-8-10)16-7-6-13-9-16/h2-9H,1H3,(H,15,17). The van der Waals surface area contributed by atoms with E-state index in [-0.39, 0.29) is 5.91 Å². The third kappa shape index (κ3) is 2.78. The van der Waals surface area contributed by atoms with Gasteiger partial charge in [-0.05, 0) is 25.1 Å². The van der Waals surface area contributed by atoms with Gasteiger partial charge in [0, 0.05) is 12.4 Å². The molecule has 17 heavy (non-hydrogen) atoms. The normalized spacial score (nSPS) is 10.6. The van der Waals surface area contributed by atoms with Crippen LogP contribution >= 0.6 is 0 Å². The maximum absolute atomic E-state index is 11.3. The molecular formula is C12H12N4O. The predicted octanol–water partition coefficient (Wildman–Crippen LogP) is 1.78. The highest BCUT2D eigenvalue weighted by Gasteiger charge is 1.99. The number of carbonyl (C=O) groups excluding carboxylic acids is 1. The van der Waals surface area contributed by atoms with Gasteiger partial charge in [-0.2, -0.15) is 0 Å². The lowest BCUT2D eigenvalue weighted by Gasteiger charge is -2.04. The van der Waals surface area contributed by atoms with Crippen molar-refractivity contribution in [2.75, 3.05) is 5.32 Å². The van der Waals surface area contributed by atoms with Crippen LogP contribution in [0.25, 0.3) is 5.82 Å². The quantitative estimate of drug-likeness (QED) is 0.814. The van der Waals surface area contributed by atoms with Crippen molar-refractivity contribution in [1.29, 1.82) is 0 Å². The molecule has 5 nitrogen and oxygen atoms in total. The first-order valence-corrected chi connectivity index (χ1v) is 5.17. The molecule has 0 saturated carbocycles. The van der Waals surface area contributed by atoms with Crippen LogP contribution in [-0.4, -0.2) is 20.4 Å². The number of anilines is 1. The number of nitrogens with one attached hydrogen (secondary N) is 1. The van der Waals surface area contributed by atoms with Gasteiger partial charge in [0.15, 0.2) is 0 Å². The van der Waals surface area contributed by atoms with Gasteiger partial charge < -0.3 is 5.32 Å². The fourth-order valence-corrected chi connectivity index (χ4v) is 1.34. The third-order valence-electron chi connectivity index (χ3n) is 2.10. The minimum Gasteiger partial charge on any atom is -0.321 e. The average molecular weight is 228 g/mol. The van der Waals surface area contributed by atoms with E-state index in [2.05, 4.69) is 15.3 Å². The lowest BCUT2D eigenvalue weighted by molar-refractivity contribution is -0.111. The number of pyridine rings is 1. The minimum atomic E-state index is -0.162. The average Bonchev–Trinajstić information content (AvgIpc) is 2.84. The molecule has 0 unspecified atom stereocenters. The van der Waals surface area contributed by atoms with Crippen molar-refractivity contribution in [3.05, 3.63) is 49.2 Å². The Kier molecular flexibility index (Phi) is 3.30. The number of amides is 1. The van der Waals surface area contributed by atoms with Crippen LogP contribution in [0, 0.1) is 0 Å². The summed E-state index contributed by atoms with van der Waals surface area (Å²) < 4.78 is 1.79. The first-order chi connectivity index (χ1) is 8.29. The molecule has 0 bridgehead atoms. The fraction of sp³-hybridized carbons (Fsp3) is 0.0833. The van der Waals surface area contributed by atoms with Gasteiger partial charge in [0.25, 0.3) is 0 Å². The van der Waals surface area contributed by atoms with Crippen LogP contribution in [0.3, 0.4) is 0 Å². The summed E-state index contributed by atoms with van der Waals surface area (Å²) in [6, 6.07) is 3.61. The van der Waals surface area contributed by atoms with Crippen molar-refractivity contribution >= 4 is 11.6 Å². The molecular weight excluding hydrogens is 216 g/mol. The highest BCUT2D eigenvalue weighted by Crippen LogP contribution is 2.09. The van der Waals surface area contributed by atoms with Gasteiger partial charge in [-0.15, -0.1) is 0 Å². The van der Waals surface area contributed by atoms with Crippen LogP contribution in [0.1, 0.15) is 6.92 Å². The Bertz CT molecular complexity index is 514. The molecule has 2 rings (SSSR count). The second-order valence-electron chi connectivity index (χ2n) is 3.36. The second-order valence-corrected chi connectivity index (χ2v) is 3.36.